The van der Waals surface area contributed by atoms with E-state index in [9.17, 15) is 5.11 Å². The van der Waals surface area contributed by atoms with E-state index in [0.717, 1.165) is 42.3 Å². The number of ether oxygens (including phenoxy) is 1. The molecule has 6 heteroatoms. The Morgan fingerprint density at radius 3 is 2.54 bits per heavy atom. The number of fused-ring (bicyclic) bond motifs is 1. The summed E-state index contributed by atoms with van der Waals surface area (Å²) < 4.78 is 5.20. The van der Waals surface area contributed by atoms with Gasteiger partial charge in [-0.2, -0.15) is 0 Å². The smallest absolute Gasteiger partial charge is 0.223 e. The Balaban J connectivity index is 1.71. The normalized spacial score (nSPS) is 24.6. The van der Waals surface area contributed by atoms with Crippen molar-refractivity contribution < 1.29 is 9.84 Å². The lowest BCUT2D eigenvalue weighted by Crippen LogP contribution is -2.22. The van der Waals surface area contributed by atoms with Crippen LogP contribution in [-0.2, 0) is 4.74 Å². The number of pyridine rings is 1. The average molecular weight is 356 g/mol. The molecule has 2 aliphatic rings. The molecule has 2 aliphatic carbocycles. The highest BCUT2D eigenvalue weighted by atomic mass is 16.5. The number of rotatable bonds is 6. The lowest BCUT2D eigenvalue weighted by atomic mass is 9.82. The summed E-state index contributed by atoms with van der Waals surface area (Å²) in [5.74, 6) is 1.63. The number of hydrogen-bond acceptors (Lipinski definition) is 6. The summed E-state index contributed by atoms with van der Waals surface area (Å²) in [5.41, 5.74) is 3.39. The maximum absolute atomic E-state index is 9.84. The van der Waals surface area contributed by atoms with Crippen LogP contribution in [0.2, 0.25) is 0 Å². The largest absolute Gasteiger partial charge is 0.393 e. The van der Waals surface area contributed by atoms with Crippen LogP contribution in [0.15, 0.2) is 12.4 Å². The van der Waals surface area contributed by atoms with E-state index in [4.69, 9.17) is 14.7 Å². The molecule has 2 aromatic heterocycles. The molecule has 2 N–H and O–H groups in total. The topological polar surface area (TPSA) is 80.2 Å². The number of aromatic nitrogens is 3. The lowest BCUT2D eigenvalue weighted by molar-refractivity contribution is 0.122. The molecule has 26 heavy (non-hydrogen) atoms. The molecule has 2 fully saturated rings. The first-order chi connectivity index (χ1) is 12.7. The third-order valence-electron chi connectivity index (χ3n) is 5.57. The standard InChI is InChI=1S/C20H28N4O2/c1-12(11-26-2)23-20-22-10-17-18(14-3-4-14)21-9-16(19(17)24-20)13-5-7-15(25)8-6-13/h9-10,12-15,25H,3-8,11H2,1-2H3,(H,22,23,24)/t12-,13?,15?/m0/s1. The Bertz CT molecular complexity index is 770. The average Bonchev–Trinajstić information content (AvgIpc) is 3.47. The van der Waals surface area contributed by atoms with Crippen molar-refractivity contribution in [3.05, 3.63) is 23.7 Å². The predicted molar refractivity (Wildman–Crippen MR) is 101 cm³/mol. The molecule has 0 aliphatic heterocycles. The molecule has 0 amide bonds. The Morgan fingerprint density at radius 1 is 1.12 bits per heavy atom. The van der Waals surface area contributed by atoms with Crippen molar-refractivity contribution in [1.29, 1.82) is 0 Å². The number of nitrogens with one attached hydrogen (secondary N) is 1. The van der Waals surface area contributed by atoms with E-state index in [1.54, 1.807) is 7.11 Å². The third-order valence-corrected chi connectivity index (χ3v) is 5.57. The zero-order valence-corrected chi connectivity index (χ0v) is 15.6. The monoisotopic (exact) mass is 356 g/mol. The molecule has 2 aromatic rings. The molecule has 0 bridgehead atoms. The Kier molecular flexibility index (Phi) is 5.05. The third kappa shape index (κ3) is 3.67. The highest BCUT2D eigenvalue weighted by molar-refractivity contribution is 5.85. The van der Waals surface area contributed by atoms with Crippen molar-refractivity contribution in [3.8, 4) is 0 Å². The molecule has 6 nitrogen and oxygen atoms in total. The summed E-state index contributed by atoms with van der Waals surface area (Å²) in [6.07, 6.45) is 9.94. The Hall–Kier alpha value is -1.79. The van der Waals surface area contributed by atoms with E-state index in [-0.39, 0.29) is 12.1 Å². The van der Waals surface area contributed by atoms with Crippen LogP contribution >= 0.6 is 0 Å². The zero-order valence-electron chi connectivity index (χ0n) is 15.6. The fourth-order valence-electron chi connectivity index (χ4n) is 4.01. The Labute approximate surface area is 154 Å². The van der Waals surface area contributed by atoms with Crippen molar-refractivity contribution >= 4 is 16.9 Å². The van der Waals surface area contributed by atoms with Gasteiger partial charge in [0.2, 0.25) is 5.95 Å². The minimum atomic E-state index is -0.155. The molecule has 0 radical (unpaired) electrons. The van der Waals surface area contributed by atoms with Gasteiger partial charge in [0.1, 0.15) is 0 Å². The fraction of sp³-hybridized carbons (Fsp3) is 0.650. The number of methoxy groups -OCH3 is 1. The summed E-state index contributed by atoms with van der Waals surface area (Å²) in [4.78, 5) is 14.2. The van der Waals surface area contributed by atoms with E-state index < -0.39 is 0 Å². The van der Waals surface area contributed by atoms with Gasteiger partial charge in [-0.25, -0.2) is 9.97 Å². The number of nitrogens with zero attached hydrogens (tertiary/aromatic N) is 3. The molecule has 1 atom stereocenters. The first-order valence-electron chi connectivity index (χ1n) is 9.74. The number of aliphatic hydroxyl groups is 1. The van der Waals surface area contributed by atoms with Crippen LogP contribution in [0.5, 0.6) is 0 Å². The summed E-state index contributed by atoms with van der Waals surface area (Å²) in [7, 11) is 1.70. The van der Waals surface area contributed by atoms with Crippen LogP contribution in [0.3, 0.4) is 0 Å². The van der Waals surface area contributed by atoms with E-state index >= 15 is 0 Å². The van der Waals surface area contributed by atoms with Gasteiger partial charge in [-0.05, 0) is 51.4 Å². The highest BCUT2D eigenvalue weighted by Gasteiger charge is 2.30. The minimum absolute atomic E-state index is 0.149. The first-order valence-corrected chi connectivity index (χ1v) is 9.74. The second-order valence-electron chi connectivity index (χ2n) is 7.84. The van der Waals surface area contributed by atoms with Gasteiger partial charge >= 0.3 is 0 Å². The van der Waals surface area contributed by atoms with E-state index in [1.165, 1.54) is 18.4 Å². The van der Waals surface area contributed by atoms with Crippen LogP contribution in [0.25, 0.3) is 10.9 Å². The molecule has 2 saturated carbocycles. The molecular formula is C20H28N4O2. The van der Waals surface area contributed by atoms with Gasteiger partial charge in [0, 0.05) is 42.4 Å². The second-order valence-corrected chi connectivity index (χ2v) is 7.84. The van der Waals surface area contributed by atoms with Crippen molar-refractivity contribution in [2.75, 3.05) is 19.0 Å². The van der Waals surface area contributed by atoms with Crippen LogP contribution in [-0.4, -0.2) is 45.9 Å². The fourth-order valence-corrected chi connectivity index (χ4v) is 4.01. The van der Waals surface area contributed by atoms with Crippen LogP contribution in [0.4, 0.5) is 5.95 Å². The van der Waals surface area contributed by atoms with Crippen molar-refractivity contribution in [3.63, 3.8) is 0 Å². The number of anilines is 1. The molecule has 0 aromatic carbocycles. The maximum Gasteiger partial charge on any atom is 0.223 e. The number of hydrogen-bond donors (Lipinski definition) is 2. The van der Waals surface area contributed by atoms with Crippen molar-refractivity contribution in [2.45, 2.75) is 69.4 Å². The van der Waals surface area contributed by atoms with E-state index in [2.05, 4.69) is 17.2 Å². The van der Waals surface area contributed by atoms with Crippen LogP contribution in [0.1, 0.15) is 68.5 Å². The van der Waals surface area contributed by atoms with E-state index in [0.29, 0.717) is 24.4 Å². The zero-order chi connectivity index (χ0) is 18.1. The predicted octanol–water partition coefficient (Wildman–Crippen LogP) is 3.37. The van der Waals surface area contributed by atoms with Gasteiger partial charge in [-0.3, -0.25) is 4.98 Å². The second kappa shape index (κ2) is 7.45. The molecule has 0 unspecified atom stereocenters. The molecule has 140 valence electrons. The van der Waals surface area contributed by atoms with E-state index in [1.807, 2.05) is 12.4 Å². The SMILES string of the molecule is COC[C@H](C)Nc1ncc2c(C3CC3)ncc(C3CCC(O)CC3)c2n1. The molecule has 2 heterocycles. The van der Waals surface area contributed by atoms with Gasteiger partial charge in [-0.15, -0.1) is 0 Å². The summed E-state index contributed by atoms with van der Waals surface area (Å²) in [5, 5.41) is 14.3. The van der Waals surface area contributed by atoms with Gasteiger partial charge in [0.15, 0.2) is 0 Å². The molecular weight excluding hydrogens is 328 g/mol. The summed E-state index contributed by atoms with van der Waals surface area (Å²) in [6.45, 7) is 2.67. The minimum Gasteiger partial charge on any atom is -0.393 e. The highest BCUT2D eigenvalue weighted by Crippen LogP contribution is 2.44. The first kappa shape index (κ1) is 17.6. The molecule has 0 saturated heterocycles. The number of aliphatic hydroxyl groups excluding tert-OH is 1. The summed E-state index contributed by atoms with van der Waals surface area (Å²) in [6, 6.07) is 0.149. The van der Waals surface area contributed by atoms with Crippen molar-refractivity contribution in [2.24, 2.45) is 0 Å². The quantitative estimate of drug-likeness (QED) is 0.826. The van der Waals surface area contributed by atoms with Crippen LogP contribution < -0.4 is 5.32 Å². The van der Waals surface area contributed by atoms with Gasteiger partial charge < -0.3 is 15.2 Å². The molecule has 4 rings (SSSR count). The maximum atomic E-state index is 9.84. The van der Waals surface area contributed by atoms with Gasteiger partial charge in [-0.1, -0.05) is 0 Å². The van der Waals surface area contributed by atoms with Gasteiger partial charge in [0.25, 0.3) is 0 Å². The lowest BCUT2D eigenvalue weighted by Gasteiger charge is -2.26. The van der Waals surface area contributed by atoms with Gasteiger partial charge in [0.05, 0.1) is 23.9 Å². The Morgan fingerprint density at radius 2 is 1.85 bits per heavy atom. The van der Waals surface area contributed by atoms with Crippen LogP contribution in [0, 0.1) is 0 Å². The molecule has 0 spiro atoms. The van der Waals surface area contributed by atoms with Crippen molar-refractivity contribution in [1.82, 2.24) is 15.0 Å². The summed E-state index contributed by atoms with van der Waals surface area (Å²) >= 11 is 0.